The Bertz CT molecular complexity index is 3330. The largest absolute Gasteiger partial charge is 0.450 e. The van der Waals surface area contributed by atoms with Crippen LogP contribution in [0.2, 0.25) is 0 Å². The quantitative estimate of drug-likeness (QED) is 0.192. The number of aromatic nitrogens is 4. The molecule has 226 valence electrons. The molecule has 0 aliphatic carbocycles. The summed E-state index contributed by atoms with van der Waals surface area (Å²) in [6.45, 7) is 0. The van der Waals surface area contributed by atoms with Gasteiger partial charge in [0.2, 0.25) is 0 Å². The van der Waals surface area contributed by atoms with Gasteiger partial charge in [0.05, 0.1) is 27.6 Å². The summed E-state index contributed by atoms with van der Waals surface area (Å²) in [7, 11) is 0. The Hall–Kier alpha value is -6.72. The second-order valence-corrected chi connectivity index (χ2v) is 12.9. The smallest absolute Gasteiger partial charge is 0.197 e. The lowest BCUT2D eigenvalue weighted by atomic mass is 10.00. The van der Waals surface area contributed by atoms with Crippen molar-refractivity contribution in [2.45, 2.75) is 0 Å². The van der Waals surface area contributed by atoms with Crippen LogP contribution in [0.5, 0.6) is 0 Å². The van der Waals surface area contributed by atoms with E-state index in [0.29, 0.717) is 11.4 Å². The number of para-hydroxylation sites is 3. The third-order valence-electron chi connectivity index (χ3n) is 10.4. The molecular weight excluding hydrogens is 601 g/mol. The fourth-order valence-corrected chi connectivity index (χ4v) is 8.44. The molecule has 49 heavy (non-hydrogen) atoms. The molecule has 0 spiro atoms. The van der Waals surface area contributed by atoms with Crippen molar-refractivity contribution in [2.24, 2.45) is 0 Å². The highest BCUT2D eigenvalue weighted by Gasteiger charge is 2.27. The highest BCUT2D eigenvalue weighted by atomic mass is 16.3. The Kier molecular flexibility index (Phi) is 4.66. The average Bonchev–Trinajstić information content (AvgIpc) is 3.90. The molecule has 7 aromatic carbocycles. The number of fused-ring (bicyclic) bond motifs is 15. The number of hydrogen-bond donors (Lipinski definition) is 0. The van der Waals surface area contributed by atoms with Gasteiger partial charge in [0.1, 0.15) is 11.1 Å². The maximum absolute atomic E-state index is 6.66. The topological polar surface area (TPSA) is 48.3 Å². The minimum Gasteiger partial charge on any atom is -0.450 e. The summed E-state index contributed by atoms with van der Waals surface area (Å²) in [6.07, 6.45) is 0. The molecule has 0 bridgehead atoms. The van der Waals surface area contributed by atoms with Gasteiger partial charge in [-0.2, -0.15) is 0 Å². The molecular formula is C44H24N4O. The van der Waals surface area contributed by atoms with Crippen LogP contribution in [0, 0.1) is 0 Å². The van der Waals surface area contributed by atoms with E-state index in [9.17, 15) is 0 Å². The van der Waals surface area contributed by atoms with Crippen molar-refractivity contribution in [3.63, 3.8) is 0 Å². The van der Waals surface area contributed by atoms with Crippen molar-refractivity contribution in [3.8, 4) is 17.2 Å². The van der Waals surface area contributed by atoms with Gasteiger partial charge in [-0.05, 0) is 35.7 Å². The summed E-state index contributed by atoms with van der Waals surface area (Å²) in [5.74, 6) is 1.40. The molecule has 5 heterocycles. The Morgan fingerprint density at radius 3 is 2.06 bits per heavy atom. The molecule has 0 atom stereocenters. The van der Waals surface area contributed by atoms with Gasteiger partial charge in [-0.25, -0.2) is 9.97 Å². The predicted molar refractivity (Wildman–Crippen MR) is 201 cm³/mol. The molecule has 0 aliphatic heterocycles. The van der Waals surface area contributed by atoms with E-state index in [1.807, 2.05) is 36.4 Å². The van der Waals surface area contributed by atoms with Crippen molar-refractivity contribution in [3.05, 3.63) is 146 Å². The molecule has 12 aromatic rings. The Labute approximate surface area is 278 Å². The summed E-state index contributed by atoms with van der Waals surface area (Å²) in [5, 5.41) is 10.8. The van der Waals surface area contributed by atoms with E-state index < -0.39 is 0 Å². The predicted octanol–water partition coefficient (Wildman–Crippen LogP) is 11.4. The fourth-order valence-electron chi connectivity index (χ4n) is 8.44. The van der Waals surface area contributed by atoms with Crippen LogP contribution < -0.4 is 0 Å². The van der Waals surface area contributed by atoms with E-state index in [1.165, 1.54) is 59.6 Å². The van der Waals surface area contributed by atoms with Crippen LogP contribution in [-0.4, -0.2) is 18.9 Å². The molecule has 0 fully saturated rings. The number of nitrogens with zero attached hydrogens (tertiary/aromatic N) is 4. The number of hydrogen-bond acceptors (Lipinski definition) is 3. The second-order valence-electron chi connectivity index (χ2n) is 12.9. The fraction of sp³-hybridized carbons (Fsp3) is 0. The lowest BCUT2D eigenvalue weighted by Crippen LogP contribution is -2.01. The summed E-state index contributed by atoms with van der Waals surface area (Å²) < 4.78 is 11.5. The first-order chi connectivity index (χ1) is 24.3. The third-order valence-corrected chi connectivity index (χ3v) is 10.4. The molecule has 0 saturated carbocycles. The first kappa shape index (κ1) is 25.4. The van der Waals surface area contributed by atoms with Crippen molar-refractivity contribution < 1.29 is 4.42 Å². The molecule has 0 unspecified atom stereocenters. The minimum atomic E-state index is 0.666. The maximum atomic E-state index is 6.66. The first-order valence-electron chi connectivity index (χ1n) is 16.6. The zero-order valence-corrected chi connectivity index (χ0v) is 26.1. The summed E-state index contributed by atoms with van der Waals surface area (Å²) in [5.41, 5.74) is 9.12. The van der Waals surface area contributed by atoms with Gasteiger partial charge in [0, 0.05) is 48.7 Å². The maximum Gasteiger partial charge on any atom is 0.197 e. The Morgan fingerprint density at radius 1 is 0.469 bits per heavy atom. The lowest BCUT2D eigenvalue weighted by Gasteiger charge is -2.10. The Morgan fingerprint density at radius 2 is 1.18 bits per heavy atom. The van der Waals surface area contributed by atoms with E-state index in [-0.39, 0.29) is 0 Å². The van der Waals surface area contributed by atoms with Crippen LogP contribution in [-0.2, 0) is 0 Å². The van der Waals surface area contributed by atoms with Gasteiger partial charge in [0.25, 0.3) is 0 Å². The van der Waals surface area contributed by atoms with E-state index in [1.54, 1.807) is 0 Å². The van der Waals surface area contributed by atoms with E-state index in [4.69, 9.17) is 14.4 Å². The molecule has 5 aromatic heterocycles. The molecule has 5 nitrogen and oxygen atoms in total. The summed E-state index contributed by atoms with van der Waals surface area (Å²) in [6, 6.07) is 51.5. The van der Waals surface area contributed by atoms with Gasteiger partial charge in [-0.3, -0.25) is 4.57 Å². The monoisotopic (exact) mass is 624 g/mol. The third kappa shape index (κ3) is 3.15. The minimum absolute atomic E-state index is 0.666. The average molecular weight is 625 g/mol. The van der Waals surface area contributed by atoms with Crippen LogP contribution in [0.4, 0.5) is 0 Å². The van der Waals surface area contributed by atoms with E-state index in [2.05, 4.69) is 118 Å². The van der Waals surface area contributed by atoms with Gasteiger partial charge in [-0.1, -0.05) is 115 Å². The normalized spacial score (nSPS) is 12.5. The van der Waals surface area contributed by atoms with Crippen LogP contribution in [0.25, 0.3) is 110 Å². The van der Waals surface area contributed by atoms with Crippen LogP contribution in [0.1, 0.15) is 0 Å². The van der Waals surface area contributed by atoms with Crippen LogP contribution >= 0.6 is 0 Å². The standard InChI is InChI=1S/C44H24N4O/c1-2-13-26(14-3-1)43-45-39-30-18-8-11-21-36(30)49-42(39)44(46-43)47-34-20-10-7-17-29(34)37-35(47)24-32-28-16-6-9-19-33(28)48-40-27-15-5-4-12-25(27)22-23-31(40)38(37)41(32)48/h1-24H. The van der Waals surface area contributed by atoms with Crippen molar-refractivity contribution in [1.29, 1.82) is 0 Å². The zero-order valence-electron chi connectivity index (χ0n) is 26.1. The molecule has 0 amide bonds. The summed E-state index contributed by atoms with van der Waals surface area (Å²) in [4.78, 5) is 10.5. The molecule has 0 N–H and O–H groups in total. The summed E-state index contributed by atoms with van der Waals surface area (Å²) >= 11 is 0. The van der Waals surface area contributed by atoms with Crippen LogP contribution in [0.15, 0.2) is 150 Å². The molecule has 12 rings (SSSR count). The van der Waals surface area contributed by atoms with Gasteiger partial charge < -0.3 is 8.82 Å². The zero-order chi connectivity index (χ0) is 31.8. The lowest BCUT2D eigenvalue weighted by molar-refractivity contribution is 0.662. The number of rotatable bonds is 2. The number of furan rings is 1. The van der Waals surface area contributed by atoms with Crippen molar-refractivity contribution >= 4 is 92.7 Å². The van der Waals surface area contributed by atoms with Crippen molar-refractivity contribution in [2.75, 3.05) is 0 Å². The second kappa shape index (κ2) is 9.00. The van der Waals surface area contributed by atoms with E-state index >= 15 is 0 Å². The van der Waals surface area contributed by atoms with Gasteiger partial charge in [0.15, 0.2) is 17.2 Å². The van der Waals surface area contributed by atoms with E-state index in [0.717, 1.165) is 38.9 Å². The van der Waals surface area contributed by atoms with Gasteiger partial charge >= 0.3 is 0 Å². The highest BCUT2D eigenvalue weighted by molar-refractivity contribution is 6.37. The molecule has 5 heteroatoms. The van der Waals surface area contributed by atoms with Gasteiger partial charge in [-0.15, -0.1) is 0 Å². The van der Waals surface area contributed by atoms with Crippen molar-refractivity contribution in [1.82, 2.24) is 18.9 Å². The SMILES string of the molecule is c1ccc(-c2nc(-n3c4ccccc4c4c5c6ccc7ccccc7c6n6c7ccccc7c(cc43)c56)c3oc4ccccc4c3n2)cc1. The molecule has 0 aliphatic rings. The van der Waals surface area contributed by atoms with Crippen LogP contribution in [0.3, 0.4) is 0 Å². The first-order valence-corrected chi connectivity index (χ1v) is 16.6. The Balaban J connectivity index is 1.35. The highest BCUT2D eigenvalue weighted by Crippen LogP contribution is 2.48. The number of benzene rings is 7. The molecule has 0 radical (unpaired) electrons. The molecule has 0 saturated heterocycles.